The lowest BCUT2D eigenvalue weighted by atomic mass is 10.1. The minimum absolute atomic E-state index is 0.102. The second kappa shape index (κ2) is 8.87. The lowest BCUT2D eigenvalue weighted by Crippen LogP contribution is -2.25. The van der Waals surface area contributed by atoms with Crippen LogP contribution in [0.3, 0.4) is 0 Å². The van der Waals surface area contributed by atoms with Crippen LogP contribution in [0.25, 0.3) is 10.1 Å². The van der Waals surface area contributed by atoms with Gasteiger partial charge < -0.3 is 9.47 Å². The molecule has 10 heteroatoms. The van der Waals surface area contributed by atoms with Crippen molar-refractivity contribution in [2.45, 2.75) is 20.0 Å². The number of hydrogen-bond donors (Lipinski definition) is 0. The van der Waals surface area contributed by atoms with Crippen LogP contribution in [0.1, 0.15) is 38.9 Å². The summed E-state index contributed by atoms with van der Waals surface area (Å²) in [5, 5.41) is 0.225. The largest absolute Gasteiger partial charge is 0.462 e. The maximum Gasteiger partial charge on any atom is 0.348 e. The van der Waals surface area contributed by atoms with Gasteiger partial charge in [-0.15, -0.1) is 11.3 Å². The molecule has 1 aromatic heterocycles. The molecule has 0 N–H and O–H groups in total. The summed E-state index contributed by atoms with van der Waals surface area (Å²) in [6.07, 6.45) is 0.556. The van der Waals surface area contributed by atoms with Crippen molar-refractivity contribution in [2.24, 2.45) is 0 Å². The zero-order valence-electron chi connectivity index (χ0n) is 17.2. The summed E-state index contributed by atoms with van der Waals surface area (Å²) in [4.78, 5) is 25.1. The van der Waals surface area contributed by atoms with Crippen LogP contribution in [0.4, 0.5) is 10.1 Å². The van der Waals surface area contributed by atoms with E-state index in [-0.39, 0.29) is 40.4 Å². The molecule has 7 nitrogen and oxygen atoms in total. The van der Waals surface area contributed by atoms with Gasteiger partial charge in [0.05, 0.1) is 23.6 Å². The van der Waals surface area contributed by atoms with Gasteiger partial charge in [-0.1, -0.05) is 6.07 Å². The van der Waals surface area contributed by atoms with E-state index in [2.05, 4.69) is 0 Å². The molecular formula is C22H20FNO6S2. The highest BCUT2D eigenvalue weighted by atomic mass is 32.2. The number of halogens is 1. The molecular weight excluding hydrogens is 457 g/mol. The van der Waals surface area contributed by atoms with E-state index in [1.54, 1.807) is 31.2 Å². The molecule has 1 saturated heterocycles. The monoisotopic (exact) mass is 477 g/mol. The Morgan fingerprint density at radius 3 is 2.50 bits per heavy atom. The van der Waals surface area contributed by atoms with Crippen molar-refractivity contribution >= 4 is 49.1 Å². The van der Waals surface area contributed by atoms with Gasteiger partial charge in [0.15, 0.2) is 0 Å². The molecule has 4 rings (SSSR count). The fraction of sp³-hybridized carbons (Fsp3) is 0.273. The zero-order chi connectivity index (χ0) is 22.9. The second-order valence-electron chi connectivity index (χ2n) is 7.11. The Balaban J connectivity index is 1.55. The summed E-state index contributed by atoms with van der Waals surface area (Å²) >= 11 is 1.08. The third-order valence-corrected chi connectivity index (χ3v) is 8.11. The lowest BCUT2D eigenvalue weighted by molar-refractivity contribution is 0.0454. The quantitative estimate of drug-likeness (QED) is 0.496. The summed E-state index contributed by atoms with van der Waals surface area (Å²) in [6.45, 7) is 1.92. The van der Waals surface area contributed by atoms with Crippen LogP contribution >= 0.6 is 11.3 Å². The van der Waals surface area contributed by atoms with Gasteiger partial charge in [0, 0.05) is 22.2 Å². The van der Waals surface area contributed by atoms with Crippen LogP contribution < -0.4 is 4.31 Å². The van der Waals surface area contributed by atoms with Crippen LogP contribution in [0.15, 0.2) is 42.5 Å². The fourth-order valence-electron chi connectivity index (χ4n) is 3.58. The predicted molar refractivity (Wildman–Crippen MR) is 119 cm³/mol. The third-order valence-electron chi connectivity index (χ3n) is 5.06. The Hall–Kier alpha value is -2.98. The molecule has 0 radical (unpaired) electrons. The Bertz CT molecular complexity index is 1280. The van der Waals surface area contributed by atoms with Crippen molar-refractivity contribution in [3.8, 4) is 0 Å². The number of sulfonamides is 1. The summed E-state index contributed by atoms with van der Waals surface area (Å²) in [6, 6.07) is 10.5. The highest BCUT2D eigenvalue weighted by Crippen LogP contribution is 2.34. The topological polar surface area (TPSA) is 90.0 Å². The first kappa shape index (κ1) is 22.2. The molecule has 1 aliphatic rings. The molecule has 0 aliphatic carbocycles. The van der Waals surface area contributed by atoms with Crippen LogP contribution in [0.5, 0.6) is 0 Å². The molecule has 0 atom stereocenters. The third kappa shape index (κ3) is 4.20. The van der Waals surface area contributed by atoms with E-state index in [0.717, 1.165) is 11.3 Å². The Morgan fingerprint density at radius 2 is 1.84 bits per heavy atom. The molecule has 3 aromatic rings. The van der Waals surface area contributed by atoms with E-state index in [1.165, 1.54) is 22.5 Å². The van der Waals surface area contributed by atoms with E-state index in [0.29, 0.717) is 23.4 Å². The number of hydrogen-bond acceptors (Lipinski definition) is 7. The zero-order valence-corrected chi connectivity index (χ0v) is 18.8. The average molecular weight is 478 g/mol. The second-order valence-corrected chi connectivity index (χ2v) is 10.2. The number of carbonyl (C=O) groups excluding carboxylic acids is 2. The molecule has 0 unspecified atom stereocenters. The maximum absolute atomic E-state index is 14.5. The molecule has 0 bridgehead atoms. The summed E-state index contributed by atoms with van der Waals surface area (Å²) in [5.74, 6) is -1.69. The van der Waals surface area contributed by atoms with E-state index in [4.69, 9.17) is 9.47 Å². The van der Waals surface area contributed by atoms with E-state index in [9.17, 15) is 22.4 Å². The van der Waals surface area contributed by atoms with Crippen molar-refractivity contribution in [2.75, 3.05) is 23.2 Å². The molecule has 1 aliphatic heterocycles. The normalized spacial score (nSPS) is 15.1. The van der Waals surface area contributed by atoms with Crippen molar-refractivity contribution in [3.63, 3.8) is 0 Å². The molecule has 2 aromatic carbocycles. The molecule has 2 heterocycles. The molecule has 32 heavy (non-hydrogen) atoms. The number of fused-ring (bicyclic) bond motifs is 1. The number of thiophene rings is 1. The first-order chi connectivity index (χ1) is 15.3. The first-order valence-electron chi connectivity index (χ1n) is 9.96. The van der Waals surface area contributed by atoms with E-state index < -0.39 is 27.8 Å². The Morgan fingerprint density at radius 1 is 1.09 bits per heavy atom. The lowest BCUT2D eigenvalue weighted by Gasteiger charge is -2.16. The Kier molecular flexibility index (Phi) is 6.16. The fourth-order valence-corrected chi connectivity index (χ4v) is 6.26. The van der Waals surface area contributed by atoms with Gasteiger partial charge in [-0.2, -0.15) is 0 Å². The highest BCUT2D eigenvalue weighted by molar-refractivity contribution is 7.93. The number of anilines is 1. The summed E-state index contributed by atoms with van der Waals surface area (Å²) in [5.41, 5.74) is 0.951. The molecule has 0 amide bonds. The highest BCUT2D eigenvalue weighted by Gasteiger charge is 2.28. The van der Waals surface area contributed by atoms with E-state index in [1.807, 2.05) is 0 Å². The number of ether oxygens (including phenoxy) is 2. The minimum Gasteiger partial charge on any atom is -0.462 e. The van der Waals surface area contributed by atoms with Gasteiger partial charge in [0.1, 0.15) is 17.3 Å². The average Bonchev–Trinajstić information content (AvgIpc) is 3.32. The van der Waals surface area contributed by atoms with Gasteiger partial charge in [-0.25, -0.2) is 22.4 Å². The Labute approximate surface area is 188 Å². The first-order valence-corrected chi connectivity index (χ1v) is 12.4. The smallest absolute Gasteiger partial charge is 0.348 e. The van der Waals surface area contributed by atoms with Crippen LogP contribution in [-0.4, -0.2) is 39.3 Å². The summed E-state index contributed by atoms with van der Waals surface area (Å²) < 4.78 is 50.9. The molecule has 0 saturated carbocycles. The van der Waals surface area contributed by atoms with Gasteiger partial charge in [-0.05, 0) is 49.7 Å². The molecule has 168 valence electrons. The number of benzene rings is 2. The van der Waals surface area contributed by atoms with Crippen molar-refractivity contribution in [1.82, 2.24) is 0 Å². The number of carbonyl (C=O) groups is 2. The predicted octanol–water partition coefficient (Wildman–Crippen LogP) is 4.11. The van der Waals surface area contributed by atoms with Crippen LogP contribution in [0, 0.1) is 5.82 Å². The number of rotatable bonds is 6. The van der Waals surface area contributed by atoms with Crippen molar-refractivity contribution < 1.29 is 31.9 Å². The SMILES string of the molecule is CCOC(=O)c1sc2cccc(F)c2c1COC(=O)c1ccc(N2CCCS2(=O)=O)cc1. The van der Waals surface area contributed by atoms with Gasteiger partial charge in [-0.3, -0.25) is 4.31 Å². The van der Waals surface area contributed by atoms with Gasteiger partial charge in [0.2, 0.25) is 10.0 Å². The maximum atomic E-state index is 14.5. The number of nitrogens with zero attached hydrogens (tertiary/aromatic N) is 1. The van der Waals surface area contributed by atoms with E-state index >= 15 is 0 Å². The number of esters is 2. The van der Waals surface area contributed by atoms with Crippen LogP contribution in [-0.2, 0) is 26.1 Å². The minimum atomic E-state index is -3.32. The van der Waals surface area contributed by atoms with Gasteiger partial charge >= 0.3 is 11.9 Å². The molecule has 1 fully saturated rings. The van der Waals surface area contributed by atoms with Crippen molar-refractivity contribution in [3.05, 3.63) is 64.3 Å². The van der Waals surface area contributed by atoms with Crippen LogP contribution in [0.2, 0.25) is 0 Å². The standard InChI is InChI=1S/C22H20FNO6S2/c1-2-29-22(26)20-16(19-17(23)5-3-6-18(19)31-20)13-30-21(25)14-7-9-15(10-8-14)24-11-4-12-32(24,27)28/h3,5-10H,2,4,11-13H2,1H3. The molecule has 0 spiro atoms. The van der Waals surface area contributed by atoms with Gasteiger partial charge in [0.25, 0.3) is 0 Å². The van der Waals surface area contributed by atoms with Crippen molar-refractivity contribution in [1.29, 1.82) is 0 Å². The summed E-state index contributed by atoms with van der Waals surface area (Å²) in [7, 11) is -3.32.